The van der Waals surface area contributed by atoms with Crippen molar-refractivity contribution in [2.45, 2.75) is 31.2 Å². The molecule has 0 radical (unpaired) electrons. The zero-order valence-electron chi connectivity index (χ0n) is 15.0. The number of hydrogen-bond donors (Lipinski definition) is 1. The molecule has 2 heterocycles. The van der Waals surface area contributed by atoms with Gasteiger partial charge in [0.15, 0.2) is 0 Å². The fourth-order valence-electron chi connectivity index (χ4n) is 3.07. The molecule has 1 amide bonds. The van der Waals surface area contributed by atoms with Gasteiger partial charge in [-0.2, -0.15) is 26.3 Å². The Morgan fingerprint density at radius 2 is 1.45 bits per heavy atom. The van der Waals surface area contributed by atoms with E-state index in [0.717, 1.165) is 36.5 Å². The van der Waals surface area contributed by atoms with Crippen LogP contribution in [-0.2, 0) is 12.4 Å². The number of nitrogens with one attached hydrogen (secondary N) is 1. The third-order valence-electron chi connectivity index (χ3n) is 4.70. The summed E-state index contributed by atoms with van der Waals surface area (Å²) >= 11 is 0. The lowest BCUT2D eigenvalue weighted by Gasteiger charge is -2.33. The van der Waals surface area contributed by atoms with Crippen LogP contribution in [0.1, 0.15) is 34.3 Å². The number of nitrogens with zero attached hydrogens (tertiary/aromatic N) is 2. The molecule has 1 aromatic carbocycles. The maximum atomic E-state index is 12.6. The van der Waals surface area contributed by atoms with Gasteiger partial charge in [-0.15, -0.1) is 0 Å². The lowest BCUT2D eigenvalue weighted by atomic mass is 10.0. The fraction of sp³-hybridized carbons (Fsp3) is 0.368. The highest BCUT2D eigenvalue weighted by Gasteiger charge is 2.32. The summed E-state index contributed by atoms with van der Waals surface area (Å²) in [6, 6.07) is 6.06. The molecular formula is C19H17F6N3O. The quantitative estimate of drug-likeness (QED) is 0.748. The highest BCUT2D eigenvalue weighted by Crippen LogP contribution is 2.30. The number of alkyl halides is 6. The summed E-state index contributed by atoms with van der Waals surface area (Å²) in [7, 11) is 0. The second kappa shape index (κ2) is 7.92. The fourth-order valence-corrected chi connectivity index (χ4v) is 3.07. The number of hydrogen-bond acceptors (Lipinski definition) is 3. The number of halogens is 6. The first-order valence-electron chi connectivity index (χ1n) is 8.80. The van der Waals surface area contributed by atoms with Gasteiger partial charge in [0, 0.05) is 30.9 Å². The second-order valence-corrected chi connectivity index (χ2v) is 6.71. The van der Waals surface area contributed by atoms with Crippen LogP contribution in [0.2, 0.25) is 0 Å². The van der Waals surface area contributed by atoms with Gasteiger partial charge in [0.25, 0.3) is 5.91 Å². The average Bonchev–Trinajstić information content (AvgIpc) is 2.67. The van der Waals surface area contributed by atoms with Gasteiger partial charge in [-0.25, -0.2) is 4.98 Å². The van der Waals surface area contributed by atoms with Gasteiger partial charge in [-0.1, -0.05) is 0 Å². The summed E-state index contributed by atoms with van der Waals surface area (Å²) in [5.41, 5.74) is -1.52. The van der Waals surface area contributed by atoms with Crippen molar-refractivity contribution in [1.82, 2.24) is 10.3 Å². The molecular weight excluding hydrogens is 400 g/mol. The van der Waals surface area contributed by atoms with Crippen molar-refractivity contribution >= 4 is 11.7 Å². The normalized spacial score (nSPS) is 16.0. The third-order valence-corrected chi connectivity index (χ3v) is 4.70. The molecule has 1 N–H and O–H groups in total. The molecule has 10 heteroatoms. The van der Waals surface area contributed by atoms with E-state index in [0.29, 0.717) is 31.7 Å². The Morgan fingerprint density at radius 3 is 1.93 bits per heavy atom. The minimum atomic E-state index is -4.46. The Morgan fingerprint density at radius 1 is 0.897 bits per heavy atom. The number of benzene rings is 1. The molecule has 29 heavy (non-hydrogen) atoms. The maximum absolute atomic E-state index is 12.6. The number of rotatable bonds is 3. The van der Waals surface area contributed by atoms with Crippen LogP contribution in [0.5, 0.6) is 0 Å². The first-order valence-corrected chi connectivity index (χ1v) is 8.80. The minimum Gasteiger partial charge on any atom is -0.356 e. The molecule has 0 spiro atoms. The van der Waals surface area contributed by atoms with E-state index in [4.69, 9.17) is 0 Å². The van der Waals surface area contributed by atoms with Crippen LogP contribution in [0.3, 0.4) is 0 Å². The molecule has 2 aromatic rings. The van der Waals surface area contributed by atoms with Crippen molar-refractivity contribution in [3.05, 3.63) is 59.3 Å². The van der Waals surface area contributed by atoms with Gasteiger partial charge in [0.1, 0.15) is 5.82 Å². The van der Waals surface area contributed by atoms with Crippen LogP contribution < -0.4 is 10.2 Å². The monoisotopic (exact) mass is 417 g/mol. The van der Waals surface area contributed by atoms with Gasteiger partial charge in [0.2, 0.25) is 0 Å². The van der Waals surface area contributed by atoms with E-state index in [1.807, 2.05) is 4.90 Å². The molecule has 156 valence electrons. The molecule has 1 aromatic heterocycles. The molecule has 0 bridgehead atoms. The number of aromatic nitrogens is 1. The zero-order valence-corrected chi connectivity index (χ0v) is 15.0. The molecule has 1 saturated heterocycles. The summed E-state index contributed by atoms with van der Waals surface area (Å²) in [6.07, 6.45) is -7.05. The zero-order chi connectivity index (χ0) is 21.2. The van der Waals surface area contributed by atoms with Crippen molar-refractivity contribution in [2.75, 3.05) is 18.0 Å². The van der Waals surface area contributed by atoms with Crippen LogP contribution in [0.15, 0.2) is 42.6 Å². The molecule has 3 rings (SSSR count). The molecule has 0 unspecified atom stereocenters. The van der Waals surface area contributed by atoms with Gasteiger partial charge in [-0.3, -0.25) is 4.79 Å². The Kier molecular flexibility index (Phi) is 5.72. The molecule has 0 atom stereocenters. The van der Waals surface area contributed by atoms with E-state index in [1.54, 1.807) is 0 Å². The third kappa shape index (κ3) is 5.18. The van der Waals surface area contributed by atoms with Gasteiger partial charge in [0.05, 0.1) is 11.1 Å². The van der Waals surface area contributed by atoms with Crippen molar-refractivity contribution in [1.29, 1.82) is 0 Å². The first kappa shape index (κ1) is 20.9. The molecule has 4 nitrogen and oxygen atoms in total. The van der Waals surface area contributed by atoms with Gasteiger partial charge < -0.3 is 10.2 Å². The van der Waals surface area contributed by atoms with E-state index >= 15 is 0 Å². The predicted octanol–water partition coefficient (Wildman–Crippen LogP) is 4.52. The van der Waals surface area contributed by atoms with Crippen molar-refractivity contribution in [3.63, 3.8) is 0 Å². The van der Waals surface area contributed by atoms with Crippen LogP contribution in [0.4, 0.5) is 32.2 Å². The summed E-state index contributed by atoms with van der Waals surface area (Å²) in [4.78, 5) is 17.9. The Labute approximate surface area is 162 Å². The number of amides is 1. The van der Waals surface area contributed by atoms with E-state index in [2.05, 4.69) is 10.3 Å². The number of anilines is 1. The lowest BCUT2D eigenvalue weighted by molar-refractivity contribution is -0.138. The Hall–Kier alpha value is -2.78. The van der Waals surface area contributed by atoms with E-state index < -0.39 is 29.4 Å². The number of piperidine rings is 1. The predicted molar refractivity (Wildman–Crippen MR) is 93.4 cm³/mol. The molecule has 1 fully saturated rings. The van der Waals surface area contributed by atoms with Crippen LogP contribution in [0.25, 0.3) is 0 Å². The van der Waals surface area contributed by atoms with E-state index in [9.17, 15) is 31.1 Å². The molecule has 0 saturated carbocycles. The summed E-state index contributed by atoms with van der Waals surface area (Å²) in [5.74, 6) is -0.0460. The SMILES string of the molecule is O=C(NC1CCN(c2ccc(C(F)(F)F)cn2)CC1)c1ccc(C(F)(F)F)cc1. The smallest absolute Gasteiger partial charge is 0.356 e. The van der Waals surface area contributed by atoms with Crippen LogP contribution in [0, 0.1) is 0 Å². The topological polar surface area (TPSA) is 45.2 Å². The number of pyridine rings is 1. The van der Waals surface area contributed by atoms with E-state index in [1.165, 1.54) is 6.07 Å². The van der Waals surface area contributed by atoms with Gasteiger partial charge >= 0.3 is 12.4 Å². The molecule has 1 aliphatic rings. The largest absolute Gasteiger partial charge is 0.417 e. The number of carbonyl (C=O) groups is 1. The standard InChI is InChI=1S/C19H17F6N3O/c20-18(21,22)13-3-1-12(2-4-13)17(29)27-15-7-9-28(10-8-15)16-6-5-14(11-26-16)19(23,24)25/h1-6,11,15H,7-10H2,(H,27,29). The van der Waals surface area contributed by atoms with Gasteiger partial charge in [-0.05, 0) is 49.2 Å². The highest BCUT2D eigenvalue weighted by molar-refractivity contribution is 5.94. The minimum absolute atomic E-state index is 0.129. The van der Waals surface area contributed by atoms with Crippen molar-refractivity contribution in [2.24, 2.45) is 0 Å². The summed E-state index contributed by atoms with van der Waals surface area (Å²) < 4.78 is 75.6. The molecule has 1 aliphatic heterocycles. The lowest BCUT2D eigenvalue weighted by Crippen LogP contribution is -2.45. The van der Waals surface area contributed by atoms with Crippen LogP contribution in [-0.4, -0.2) is 30.0 Å². The summed E-state index contributed by atoms with van der Waals surface area (Å²) in [5, 5.41) is 2.78. The first-order chi connectivity index (χ1) is 13.5. The van der Waals surface area contributed by atoms with E-state index in [-0.39, 0.29) is 11.6 Å². The highest BCUT2D eigenvalue weighted by atomic mass is 19.4. The van der Waals surface area contributed by atoms with Crippen molar-refractivity contribution in [3.8, 4) is 0 Å². The van der Waals surface area contributed by atoms with Crippen LogP contribution >= 0.6 is 0 Å². The Balaban J connectivity index is 1.53. The number of carbonyl (C=O) groups excluding carboxylic acids is 1. The second-order valence-electron chi connectivity index (χ2n) is 6.71. The molecule has 0 aliphatic carbocycles. The van der Waals surface area contributed by atoms with Crippen molar-refractivity contribution < 1.29 is 31.1 Å². The Bertz CT molecular complexity index is 838. The summed E-state index contributed by atoms with van der Waals surface area (Å²) in [6.45, 7) is 0.965. The maximum Gasteiger partial charge on any atom is 0.417 e. The average molecular weight is 417 g/mol.